The highest BCUT2D eigenvalue weighted by atomic mass is 13.4. The van der Waals surface area contributed by atoms with Crippen LogP contribution < -0.4 is 0 Å². The number of hydrogen-bond acceptors (Lipinski definition) is 0. The van der Waals surface area contributed by atoms with Gasteiger partial charge in [0.15, 0.2) is 0 Å². The Morgan fingerprint density at radius 1 is 1.75 bits per heavy atom. The fourth-order valence-corrected chi connectivity index (χ4v) is 0. The molecular formula is C4H12. The first-order chi connectivity index (χ1) is 1.73. The summed E-state index contributed by atoms with van der Waals surface area (Å²) in [6.45, 7) is 3.67. The normalized spacial score (nSPS) is 9.25. The van der Waals surface area contributed by atoms with E-state index in [-0.39, 0.29) is 13.8 Å². The molecule has 0 aromatic rings. The Bertz CT molecular complexity index is 8.36. The van der Waals surface area contributed by atoms with Crippen molar-refractivity contribution in [3.8, 4) is 0 Å². The minimum absolute atomic E-state index is 0. The Kier molecular flexibility index (Phi) is 12.0. The second-order valence-corrected chi connectivity index (χ2v) is 0.577. The first-order valence-electron chi connectivity index (χ1n) is 1.73. The third kappa shape index (κ3) is 0. The van der Waals surface area contributed by atoms with Gasteiger partial charge in [0, 0.05) is 1.37 Å². The Morgan fingerprint density at radius 2 is 1.75 bits per heavy atom. The smallest absolute Gasteiger partial charge is 0.0261 e. The van der Waals surface area contributed by atoms with Crippen molar-refractivity contribution in [1.82, 2.24) is 0 Å². The van der Waals surface area contributed by atoms with Gasteiger partial charge in [-0.1, -0.05) is 27.7 Å². The van der Waals surface area contributed by atoms with Crippen LogP contribution in [-0.2, 0) is 0 Å². The molecule has 0 amide bonds. The maximum absolute atomic E-state index is 6.58. The van der Waals surface area contributed by atoms with Crippen molar-refractivity contribution in [2.75, 3.05) is 0 Å². The summed E-state index contributed by atoms with van der Waals surface area (Å²) in [6.07, 6.45) is 0.0833. The van der Waals surface area contributed by atoms with Crippen molar-refractivity contribution in [1.29, 1.82) is 0 Å². The van der Waals surface area contributed by atoms with Crippen molar-refractivity contribution in [3.05, 3.63) is 0 Å². The molecule has 0 N–H and O–H groups in total. The van der Waals surface area contributed by atoms with Crippen LogP contribution in [0.15, 0.2) is 0 Å². The van der Waals surface area contributed by atoms with E-state index in [2.05, 4.69) is 0 Å². The van der Waals surface area contributed by atoms with Crippen LogP contribution in [0.25, 0.3) is 0 Å². The average Bonchev–Trinajstić information content (AvgIpc) is 0.811. The van der Waals surface area contributed by atoms with Gasteiger partial charge in [-0.2, -0.15) is 0 Å². The van der Waals surface area contributed by atoms with Gasteiger partial charge < -0.3 is 0 Å². The molecule has 0 aliphatic heterocycles. The van der Waals surface area contributed by atoms with E-state index < -0.39 is 0 Å². The zero-order valence-corrected chi connectivity index (χ0v) is 2.58. The van der Waals surface area contributed by atoms with Gasteiger partial charge in [-0.05, 0) is 0 Å². The van der Waals surface area contributed by atoms with E-state index in [1.807, 2.05) is 13.8 Å². The van der Waals surface area contributed by atoms with Gasteiger partial charge in [-0.15, -0.1) is 0 Å². The molecule has 0 saturated carbocycles. The van der Waals surface area contributed by atoms with Crippen molar-refractivity contribution < 1.29 is 1.37 Å². The summed E-state index contributed by atoms with van der Waals surface area (Å²) >= 11 is 0. The van der Waals surface area contributed by atoms with Crippen LogP contribution in [0.5, 0.6) is 0 Å². The predicted octanol–water partition coefficient (Wildman–Crippen LogP) is 2.05. The molecule has 0 rings (SSSR count). The first-order valence-corrected chi connectivity index (χ1v) is 1.15. The highest BCUT2D eigenvalue weighted by Crippen LogP contribution is 1.56. The topological polar surface area (TPSA) is 0 Å². The summed E-state index contributed by atoms with van der Waals surface area (Å²) in [5.41, 5.74) is 0. The van der Waals surface area contributed by atoms with Gasteiger partial charge in [0.2, 0.25) is 0 Å². The third-order valence-corrected chi connectivity index (χ3v) is 0. The molecule has 0 aromatic heterocycles. The Labute approximate surface area is 30.2 Å². The second-order valence-electron chi connectivity index (χ2n) is 0.577. The van der Waals surface area contributed by atoms with Crippen molar-refractivity contribution in [2.24, 2.45) is 0 Å². The minimum Gasteiger partial charge on any atom is -0.0776 e. The van der Waals surface area contributed by atoms with Gasteiger partial charge in [0.1, 0.15) is 0 Å². The number of rotatable bonds is 0. The van der Waals surface area contributed by atoms with Crippen LogP contribution in [-0.4, -0.2) is 0 Å². The Hall–Kier alpha value is 0. The zero-order valence-electron chi connectivity index (χ0n) is 3.58. The lowest BCUT2D eigenvalue weighted by Gasteiger charge is -1.48. The summed E-state index contributed by atoms with van der Waals surface area (Å²) in [6, 6.07) is 0. The predicted molar refractivity (Wildman–Crippen MR) is 22.7 cm³/mol. The molecule has 0 fully saturated rings. The monoisotopic (exact) mass is 61.1 g/mol. The standard InChI is InChI=1S/C3H8.CH4/c1-3-2;/h3H2,1-2H3;1H4/i3D;. The molecule has 0 aromatic carbocycles. The van der Waals surface area contributed by atoms with E-state index in [0.717, 1.165) is 0 Å². The second kappa shape index (κ2) is 12.0. The summed E-state index contributed by atoms with van der Waals surface area (Å²) < 4.78 is 6.58. The zero-order chi connectivity index (χ0) is 3.58. The third-order valence-electron chi connectivity index (χ3n) is 0. The molecular weight excluding hydrogens is 48.0 g/mol. The van der Waals surface area contributed by atoms with E-state index in [0.29, 0.717) is 0 Å². The molecule has 0 unspecified atom stereocenters. The first kappa shape index (κ1) is 4.00. The highest BCUT2D eigenvalue weighted by Gasteiger charge is 1.35. The molecule has 0 nitrogen and oxygen atoms in total. The van der Waals surface area contributed by atoms with E-state index >= 15 is 0 Å². The van der Waals surface area contributed by atoms with Crippen molar-refractivity contribution in [2.45, 2.75) is 27.7 Å². The van der Waals surface area contributed by atoms with E-state index in [1.54, 1.807) is 0 Å². The van der Waals surface area contributed by atoms with Crippen molar-refractivity contribution >= 4 is 0 Å². The van der Waals surface area contributed by atoms with Crippen LogP contribution >= 0.6 is 0 Å². The van der Waals surface area contributed by atoms with Crippen LogP contribution in [0.4, 0.5) is 0 Å². The van der Waals surface area contributed by atoms with E-state index in [4.69, 9.17) is 1.37 Å². The molecule has 0 heteroatoms. The quantitative estimate of drug-likeness (QED) is 0.402. The average molecular weight is 61.1 g/mol. The van der Waals surface area contributed by atoms with Gasteiger partial charge in [0.25, 0.3) is 0 Å². The number of hydrogen-bond donors (Lipinski definition) is 0. The molecule has 28 valence electrons. The van der Waals surface area contributed by atoms with Gasteiger partial charge in [0.05, 0.1) is 0 Å². The Morgan fingerprint density at radius 3 is 1.75 bits per heavy atom. The van der Waals surface area contributed by atoms with Crippen LogP contribution in [0, 0.1) is 0 Å². The molecule has 4 heavy (non-hydrogen) atoms. The van der Waals surface area contributed by atoms with Gasteiger partial charge in [-0.3, -0.25) is 0 Å². The lowest BCUT2D eigenvalue weighted by Crippen LogP contribution is -1.27. The van der Waals surface area contributed by atoms with Crippen LogP contribution in [0.2, 0.25) is 0 Å². The molecule has 0 aliphatic rings. The van der Waals surface area contributed by atoms with Gasteiger partial charge in [-0.25, -0.2) is 0 Å². The van der Waals surface area contributed by atoms with Crippen LogP contribution in [0.1, 0.15) is 29.0 Å². The summed E-state index contributed by atoms with van der Waals surface area (Å²) in [7, 11) is 0. The fourth-order valence-electron chi connectivity index (χ4n) is 0. The minimum atomic E-state index is 0. The molecule has 0 atom stereocenters. The molecule has 0 aliphatic carbocycles. The van der Waals surface area contributed by atoms with E-state index in [1.165, 1.54) is 0 Å². The fraction of sp³-hybridized carbons (Fsp3) is 1.00. The molecule has 0 bridgehead atoms. The largest absolute Gasteiger partial charge is 0.0776 e. The summed E-state index contributed by atoms with van der Waals surface area (Å²) in [4.78, 5) is 0. The van der Waals surface area contributed by atoms with Crippen molar-refractivity contribution in [3.63, 3.8) is 0 Å². The Balaban J connectivity index is 0. The highest BCUT2D eigenvalue weighted by molar-refractivity contribution is 3.92. The van der Waals surface area contributed by atoms with Gasteiger partial charge >= 0.3 is 0 Å². The maximum Gasteiger partial charge on any atom is 0.0261 e. The SMILES string of the molecule is C.[2H]C(C)C. The molecule has 0 radical (unpaired) electrons. The van der Waals surface area contributed by atoms with Crippen LogP contribution in [0.3, 0.4) is 0 Å². The molecule has 0 heterocycles. The van der Waals surface area contributed by atoms with E-state index in [9.17, 15) is 0 Å². The molecule has 0 spiro atoms. The molecule has 0 saturated heterocycles. The lowest BCUT2D eigenvalue weighted by atomic mass is 10.6. The summed E-state index contributed by atoms with van der Waals surface area (Å²) in [5.74, 6) is 0. The lowest BCUT2D eigenvalue weighted by molar-refractivity contribution is 1.09. The summed E-state index contributed by atoms with van der Waals surface area (Å²) in [5, 5.41) is 0. The maximum atomic E-state index is 6.58.